The van der Waals surface area contributed by atoms with Gasteiger partial charge in [-0.3, -0.25) is 9.48 Å². The third-order valence-electron chi connectivity index (χ3n) is 2.40. The van der Waals surface area contributed by atoms with Crippen molar-refractivity contribution in [3.05, 3.63) is 47.1 Å². The molecule has 0 radical (unpaired) electrons. The molecular formula is C12H9ClF3N3O. The van der Waals surface area contributed by atoms with Gasteiger partial charge in [-0.2, -0.15) is 18.3 Å². The third-order valence-corrected chi connectivity index (χ3v) is 2.65. The fourth-order valence-electron chi connectivity index (χ4n) is 1.48. The lowest BCUT2D eigenvalue weighted by Gasteiger charge is -2.05. The molecule has 0 fully saturated rings. The molecule has 8 heteroatoms. The molecule has 2 rings (SSSR count). The molecule has 0 aliphatic carbocycles. The SMILES string of the molecule is O=C(Nc1ccn(Cc2ccc(Cl)cc2)n1)C(F)(F)F. The lowest BCUT2D eigenvalue weighted by atomic mass is 10.2. The summed E-state index contributed by atoms with van der Waals surface area (Å²) in [7, 11) is 0. The quantitative estimate of drug-likeness (QED) is 0.947. The number of amides is 1. The molecular weight excluding hydrogens is 295 g/mol. The summed E-state index contributed by atoms with van der Waals surface area (Å²) in [4.78, 5) is 10.7. The second-order valence-corrected chi connectivity index (χ2v) is 4.41. The monoisotopic (exact) mass is 303 g/mol. The van der Waals surface area contributed by atoms with Gasteiger partial charge in [0.2, 0.25) is 0 Å². The maximum Gasteiger partial charge on any atom is 0.471 e. The Morgan fingerprint density at radius 3 is 2.50 bits per heavy atom. The second kappa shape index (κ2) is 5.54. The predicted molar refractivity (Wildman–Crippen MR) is 67.5 cm³/mol. The van der Waals surface area contributed by atoms with E-state index in [4.69, 9.17) is 11.6 Å². The van der Waals surface area contributed by atoms with Crippen molar-refractivity contribution in [1.29, 1.82) is 0 Å². The summed E-state index contributed by atoms with van der Waals surface area (Å²) in [6.07, 6.45) is -3.46. The molecule has 0 spiro atoms. The van der Waals surface area contributed by atoms with E-state index < -0.39 is 12.1 Å². The first-order valence-corrected chi connectivity index (χ1v) is 5.88. The van der Waals surface area contributed by atoms with Gasteiger partial charge < -0.3 is 5.32 Å². The number of rotatable bonds is 3. The van der Waals surface area contributed by atoms with Gasteiger partial charge in [-0.1, -0.05) is 23.7 Å². The Balaban J connectivity index is 2.02. The van der Waals surface area contributed by atoms with Crippen LogP contribution in [0.3, 0.4) is 0 Å². The van der Waals surface area contributed by atoms with Gasteiger partial charge in [0.1, 0.15) is 0 Å². The molecule has 1 N–H and O–H groups in total. The van der Waals surface area contributed by atoms with Crippen LogP contribution in [-0.2, 0) is 11.3 Å². The van der Waals surface area contributed by atoms with E-state index in [-0.39, 0.29) is 5.82 Å². The number of alkyl halides is 3. The first-order valence-electron chi connectivity index (χ1n) is 5.51. The zero-order chi connectivity index (χ0) is 14.8. The first-order chi connectivity index (χ1) is 9.34. The molecule has 4 nitrogen and oxygen atoms in total. The van der Waals surface area contributed by atoms with Crippen molar-refractivity contribution in [3.8, 4) is 0 Å². The number of carbonyl (C=O) groups excluding carboxylic acids is 1. The zero-order valence-electron chi connectivity index (χ0n) is 9.99. The summed E-state index contributed by atoms with van der Waals surface area (Å²) < 4.78 is 37.6. The number of hydrogen-bond acceptors (Lipinski definition) is 2. The second-order valence-electron chi connectivity index (χ2n) is 3.98. The minimum Gasteiger partial charge on any atom is -0.301 e. The third kappa shape index (κ3) is 3.74. The van der Waals surface area contributed by atoms with Gasteiger partial charge >= 0.3 is 12.1 Å². The van der Waals surface area contributed by atoms with Gasteiger partial charge in [-0.15, -0.1) is 0 Å². The van der Waals surface area contributed by atoms with Gasteiger partial charge in [0.25, 0.3) is 0 Å². The van der Waals surface area contributed by atoms with E-state index in [1.807, 2.05) is 0 Å². The fourth-order valence-corrected chi connectivity index (χ4v) is 1.61. The molecule has 1 aromatic heterocycles. The van der Waals surface area contributed by atoms with Crippen molar-refractivity contribution < 1.29 is 18.0 Å². The van der Waals surface area contributed by atoms with E-state index in [2.05, 4.69) is 5.10 Å². The van der Waals surface area contributed by atoms with Crippen LogP contribution in [0.15, 0.2) is 36.5 Å². The molecule has 0 unspecified atom stereocenters. The minimum absolute atomic E-state index is 0.152. The average molecular weight is 304 g/mol. The van der Waals surface area contributed by atoms with E-state index >= 15 is 0 Å². The Morgan fingerprint density at radius 2 is 1.90 bits per heavy atom. The topological polar surface area (TPSA) is 46.9 Å². The van der Waals surface area contributed by atoms with E-state index in [1.54, 1.807) is 29.6 Å². The van der Waals surface area contributed by atoms with Gasteiger partial charge in [0.15, 0.2) is 5.82 Å². The Morgan fingerprint density at radius 1 is 1.25 bits per heavy atom. The highest BCUT2D eigenvalue weighted by atomic mass is 35.5. The normalized spacial score (nSPS) is 11.4. The molecule has 1 heterocycles. The van der Waals surface area contributed by atoms with Crippen LogP contribution in [0.4, 0.5) is 19.0 Å². The zero-order valence-corrected chi connectivity index (χ0v) is 10.7. The van der Waals surface area contributed by atoms with Crippen LogP contribution >= 0.6 is 11.6 Å². The molecule has 2 aromatic rings. The lowest BCUT2D eigenvalue weighted by molar-refractivity contribution is -0.167. The van der Waals surface area contributed by atoms with Gasteiger partial charge in [0, 0.05) is 17.3 Å². The molecule has 0 atom stereocenters. The number of halogens is 4. The summed E-state index contributed by atoms with van der Waals surface area (Å²) in [6, 6.07) is 8.25. The van der Waals surface area contributed by atoms with Crippen molar-refractivity contribution in [1.82, 2.24) is 9.78 Å². The molecule has 1 amide bonds. The molecule has 0 saturated carbocycles. The van der Waals surface area contributed by atoms with Crippen molar-refractivity contribution in [2.75, 3.05) is 5.32 Å². The van der Waals surface area contributed by atoms with Crippen LogP contribution in [0.1, 0.15) is 5.56 Å². The maximum absolute atomic E-state index is 12.1. The van der Waals surface area contributed by atoms with Crippen LogP contribution in [0.25, 0.3) is 0 Å². The Bertz CT molecular complexity index is 607. The molecule has 0 aliphatic heterocycles. The Hall–Kier alpha value is -2.02. The van der Waals surface area contributed by atoms with Crippen molar-refractivity contribution in [2.24, 2.45) is 0 Å². The van der Waals surface area contributed by atoms with Gasteiger partial charge in [-0.25, -0.2) is 0 Å². The number of nitrogens with zero attached hydrogens (tertiary/aromatic N) is 2. The van der Waals surface area contributed by atoms with E-state index in [9.17, 15) is 18.0 Å². The van der Waals surface area contributed by atoms with Crippen LogP contribution in [0, 0.1) is 0 Å². The minimum atomic E-state index is -4.93. The lowest BCUT2D eigenvalue weighted by Crippen LogP contribution is -2.30. The first kappa shape index (κ1) is 14.4. The number of benzene rings is 1. The highest BCUT2D eigenvalue weighted by Crippen LogP contribution is 2.17. The maximum atomic E-state index is 12.1. The fraction of sp³-hybridized carbons (Fsp3) is 0.167. The van der Waals surface area contributed by atoms with Gasteiger partial charge in [0.05, 0.1) is 6.54 Å². The number of carbonyl (C=O) groups is 1. The summed E-state index contributed by atoms with van der Waals surface area (Å²) in [5.74, 6) is -2.20. The van der Waals surface area contributed by atoms with Gasteiger partial charge in [-0.05, 0) is 17.7 Å². The van der Waals surface area contributed by atoms with Crippen molar-refractivity contribution in [3.63, 3.8) is 0 Å². The number of hydrogen-bond donors (Lipinski definition) is 1. The standard InChI is InChI=1S/C12H9ClF3N3O/c13-9-3-1-8(2-4-9)7-19-6-5-10(18-19)17-11(20)12(14,15)16/h1-6H,7H2,(H,17,18,20). The van der Waals surface area contributed by atoms with Crippen molar-refractivity contribution in [2.45, 2.75) is 12.7 Å². The Kier molecular flexibility index (Phi) is 3.99. The summed E-state index contributed by atoms with van der Waals surface area (Å²) in [6.45, 7) is 0.360. The summed E-state index contributed by atoms with van der Waals surface area (Å²) in [5, 5.41) is 6.10. The molecule has 106 valence electrons. The molecule has 1 aromatic carbocycles. The number of nitrogens with one attached hydrogen (secondary N) is 1. The molecule has 0 aliphatic rings. The summed E-state index contributed by atoms with van der Waals surface area (Å²) in [5.41, 5.74) is 0.881. The Labute approximate surface area is 117 Å². The predicted octanol–water partition coefficient (Wildman–Crippen LogP) is 3.09. The van der Waals surface area contributed by atoms with E-state index in [0.717, 1.165) is 5.56 Å². The van der Waals surface area contributed by atoms with E-state index in [1.165, 1.54) is 16.9 Å². The highest BCUT2D eigenvalue weighted by molar-refractivity contribution is 6.30. The molecule has 0 bridgehead atoms. The van der Waals surface area contributed by atoms with Crippen molar-refractivity contribution >= 4 is 23.3 Å². The van der Waals surface area contributed by atoms with E-state index in [0.29, 0.717) is 11.6 Å². The molecule has 0 saturated heterocycles. The van der Waals surface area contributed by atoms with Crippen LogP contribution < -0.4 is 5.32 Å². The number of anilines is 1. The highest BCUT2D eigenvalue weighted by Gasteiger charge is 2.39. The van der Waals surface area contributed by atoms with Crippen LogP contribution in [-0.4, -0.2) is 21.9 Å². The smallest absolute Gasteiger partial charge is 0.301 e. The summed E-state index contributed by atoms with van der Waals surface area (Å²) >= 11 is 5.74. The average Bonchev–Trinajstić information content (AvgIpc) is 2.78. The largest absolute Gasteiger partial charge is 0.471 e. The van der Waals surface area contributed by atoms with Crippen LogP contribution in [0.2, 0.25) is 5.02 Å². The molecule has 20 heavy (non-hydrogen) atoms. The number of aromatic nitrogens is 2. The van der Waals surface area contributed by atoms with Crippen LogP contribution in [0.5, 0.6) is 0 Å².